The zero-order chi connectivity index (χ0) is 21.4. The van der Waals surface area contributed by atoms with E-state index < -0.39 is 0 Å². The van der Waals surface area contributed by atoms with E-state index in [1.807, 2.05) is 4.90 Å². The van der Waals surface area contributed by atoms with Crippen molar-refractivity contribution in [2.75, 3.05) is 24.2 Å². The summed E-state index contributed by atoms with van der Waals surface area (Å²) >= 11 is 1.59. The van der Waals surface area contributed by atoms with E-state index in [0.717, 1.165) is 37.2 Å². The van der Waals surface area contributed by atoms with Gasteiger partial charge in [0.2, 0.25) is 5.91 Å². The Morgan fingerprint density at radius 1 is 1.13 bits per heavy atom. The van der Waals surface area contributed by atoms with Crippen LogP contribution in [-0.2, 0) is 16.1 Å². The highest BCUT2D eigenvalue weighted by atomic mass is 32.2. The summed E-state index contributed by atoms with van der Waals surface area (Å²) in [4.78, 5) is 14.8. The normalized spacial score (nSPS) is 16.5. The van der Waals surface area contributed by atoms with Crippen LogP contribution in [0.2, 0.25) is 0 Å². The van der Waals surface area contributed by atoms with Crippen molar-refractivity contribution in [3.8, 4) is 5.69 Å². The topological polar surface area (TPSA) is 37.3 Å². The van der Waals surface area contributed by atoms with Crippen LogP contribution in [0.1, 0.15) is 29.7 Å². The lowest BCUT2D eigenvalue weighted by Gasteiger charge is -2.46. The summed E-state index contributed by atoms with van der Waals surface area (Å²) in [6.07, 6.45) is 3.91. The molecule has 160 valence electrons. The van der Waals surface area contributed by atoms with Crippen molar-refractivity contribution in [2.45, 2.75) is 31.1 Å². The van der Waals surface area contributed by atoms with Gasteiger partial charge in [0, 0.05) is 30.7 Å². The van der Waals surface area contributed by atoms with Crippen molar-refractivity contribution in [2.24, 2.45) is 0 Å². The fraction of sp³-hybridized carbons (Fsp3) is 0.320. The third kappa shape index (κ3) is 3.85. The maximum atomic E-state index is 13.0. The van der Waals surface area contributed by atoms with E-state index >= 15 is 0 Å². The van der Waals surface area contributed by atoms with Gasteiger partial charge in [-0.15, -0.1) is 11.8 Å². The Hall–Kier alpha value is -2.73. The average molecular weight is 436 g/mol. The van der Waals surface area contributed by atoms with Gasteiger partial charge in [-0.05, 0) is 67.3 Å². The molecule has 3 heterocycles. The second-order valence-electron chi connectivity index (χ2n) is 8.49. The Labute approximate surface area is 186 Å². The quantitative estimate of drug-likeness (QED) is 0.619. The monoisotopic (exact) mass is 435 g/mol. The zero-order valence-electron chi connectivity index (χ0n) is 17.6. The zero-order valence-corrected chi connectivity index (χ0v) is 18.4. The molecule has 2 aliphatic heterocycles. The molecule has 3 aromatic rings. The predicted octanol–water partition coefficient (Wildman–Crippen LogP) is 5.10. The van der Waals surface area contributed by atoms with E-state index in [2.05, 4.69) is 53.3 Å². The van der Waals surface area contributed by atoms with Gasteiger partial charge in [0.05, 0.1) is 22.7 Å². The molecule has 5 rings (SSSR count). The number of fused-ring (bicyclic) bond motifs is 4. The number of likely N-dealkylation sites (tertiary alicyclic amines) is 1. The van der Waals surface area contributed by atoms with Crippen LogP contribution in [0.5, 0.6) is 0 Å². The van der Waals surface area contributed by atoms with E-state index in [-0.39, 0.29) is 17.3 Å². The molecule has 0 atom stereocenters. The third-order valence-electron chi connectivity index (χ3n) is 6.40. The molecule has 0 bridgehead atoms. The number of halogens is 1. The van der Waals surface area contributed by atoms with Gasteiger partial charge in [0.15, 0.2) is 0 Å². The summed E-state index contributed by atoms with van der Waals surface area (Å²) in [6.45, 7) is 3.61. The van der Waals surface area contributed by atoms with Crippen LogP contribution in [0, 0.1) is 12.7 Å². The number of nitrogens with zero attached hydrogens (tertiary/aromatic N) is 2. The minimum absolute atomic E-state index is 0.137. The number of anilines is 1. The molecule has 4 nitrogen and oxygen atoms in total. The second-order valence-corrected chi connectivity index (χ2v) is 9.48. The summed E-state index contributed by atoms with van der Waals surface area (Å²) in [7, 11) is 0. The van der Waals surface area contributed by atoms with Crippen LogP contribution in [0.25, 0.3) is 5.69 Å². The number of aryl methyl sites for hydroxylation is 1. The van der Waals surface area contributed by atoms with E-state index in [9.17, 15) is 9.18 Å². The number of nitrogens with one attached hydrogen (secondary N) is 1. The molecule has 0 saturated carbocycles. The lowest BCUT2D eigenvalue weighted by molar-refractivity contribution is -0.129. The van der Waals surface area contributed by atoms with Crippen LogP contribution < -0.4 is 5.32 Å². The lowest BCUT2D eigenvalue weighted by atomic mass is 9.82. The molecule has 2 aliphatic rings. The van der Waals surface area contributed by atoms with Gasteiger partial charge in [-0.3, -0.25) is 4.79 Å². The number of aromatic nitrogens is 1. The number of hydrogen-bond donors (Lipinski definition) is 1. The molecular formula is C25H26FN3OS. The number of benzene rings is 2. The summed E-state index contributed by atoms with van der Waals surface area (Å²) < 4.78 is 15.3. The lowest BCUT2D eigenvalue weighted by Crippen LogP contribution is -2.51. The number of rotatable bonds is 4. The summed E-state index contributed by atoms with van der Waals surface area (Å²) in [5.41, 5.74) is 5.77. The standard InChI is InChI=1S/C25H26FN3OS/c1-18-4-9-22-21(15-18)27-25(23-3-2-12-29(22)23)10-13-28(14-11-25)24(30)17-31-16-19-5-7-20(26)8-6-19/h2-9,12,15,27H,10-11,13-14,16-17H2,1H3. The number of thioether (sulfide) groups is 1. The summed E-state index contributed by atoms with van der Waals surface area (Å²) in [5, 5.41) is 3.83. The van der Waals surface area contributed by atoms with E-state index in [4.69, 9.17) is 0 Å². The van der Waals surface area contributed by atoms with Gasteiger partial charge in [-0.1, -0.05) is 18.2 Å². The van der Waals surface area contributed by atoms with Gasteiger partial charge in [-0.2, -0.15) is 0 Å². The first-order chi connectivity index (χ1) is 15.0. The Morgan fingerprint density at radius 2 is 1.90 bits per heavy atom. The van der Waals surface area contributed by atoms with Crippen molar-refractivity contribution in [1.29, 1.82) is 0 Å². The number of carbonyl (C=O) groups is 1. The molecule has 1 saturated heterocycles. The van der Waals surface area contributed by atoms with Crippen molar-refractivity contribution >= 4 is 23.4 Å². The first-order valence-corrected chi connectivity index (χ1v) is 11.9. The number of hydrogen-bond acceptors (Lipinski definition) is 3. The van der Waals surface area contributed by atoms with Crippen molar-refractivity contribution in [1.82, 2.24) is 9.47 Å². The minimum Gasteiger partial charge on any atom is -0.372 e. The van der Waals surface area contributed by atoms with Gasteiger partial charge in [0.1, 0.15) is 5.82 Å². The summed E-state index contributed by atoms with van der Waals surface area (Å²) in [6, 6.07) is 17.3. The van der Waals surface area contributed by atoms with E-state index in [0.29, 0.717) is 5.75 Å². The number of carbonyl (C=O) groups excluding carboxylic acids is 1. The SMILES string of the molecule is Cc1ccc2c(c1)NC1(CCN(C(=O)CSCc3ccc(F)cc3)CC1)c1cccn1-2. The fourth-order valence-electron chi connectivity index (χ4n) is 4.71. The molecule has 31 heavy (non-hydrogen) atoms. The van der Waals surface area contributed by atoms with Crippen LogP contribution in [0.3, 0.4) is 0 Å². The van der Waals surface area contributed by atoms with Crippen LogP contribution in [-0.4, -0.2) is 34.2 Å². The van der Waals surface area contributed by atoms with Crippen molar-refractivity contribution in [3.63, 3.8) is 0 Å². The molecule has 6 heteroatoms. The Morgan fingerprint density at radius 3 is 2.68 bits per heavy atom. The third-order valence-corrected chi connectivity index (χ3v) is 7.39. The molecule has 1 amide bonds. The van der Waals surface area contributed by atoms with Gasteiger partial charge in [0.25, 0.3) is 0 Å². The summed E-state index contributed by atoms with van der Waals surface area (Å²) in [5.74, 6) is 1.13. The first kappa shape index (κ1) is 20.2. The molecule has 2 aromatic carbocycles. The average Bonchev–Trinajstić information content (AvgIpc) is 3.27. The van der Waals surface area contributed by atoms with Gasteiger partial charge < -0.3 is 14.8 Å². The van der Waals surface area contributed by atoms with Crippen molar-refractivity contribution in [3.05, 3.63) is 83.4 Å². The highest BCUT2D eigenvalue weighted by Gasteiger charge is 2.42. The molecule has 1 spiro atoms. The van der Waals surface area contributed by atoms with Crippen LogP contribution >= 0.6 is 11.8 Å². The Balaban J connectivity index is 1.23. The maximum absolute atomic E-state index is 13.0. The fourth-order valence-corrected chi connectivity index (χ4v) is 5.60. The molecule has 0 radical (unpaired) electrons. The highest BCUT2D eigenvalue weighted by molar-refractivity contribution is 7.99. The van der Waals surface area contributed by atoms with Crippen molar-refractivity contribution < 1.29 is 9.18 Å². The molecule has 1 N–H and O–H groups in total. The van der Waals surface area contributed by atoms with Crippen LogP contribution in [0.4, 0.5) is 10.1 Å². The molecule has 0 unspecified atom stereocenters. The minimum atomic E-state index is -0.229. The Kier molecular flexibility index (Phi) is 5.26. The number of amides is 1. The smallest absolute Gasteiger partial charge is 0.232 e. The van der Waals surface area contributed by atoms with Gasteiger partial charge in [-0.25, -0.2) is 4.39 Å². The van der Waals surface area contributed by atoms with E-state index in [1.54, 1.807) is 23.9 Å². The Bertz CT molecular complexity index is 1100. The molecule has 0 aliphatic carbocycles. The van der Waals surface area contributed by atoms with Gasteiger partial charge >= 0.3 is 0 Å². The largest absolute Gasteiger partial charge is 0.372 e. The molecular weight excluding hydrogens is 409 g/mol. The number of piperidine rings is 1. The maximum Gasteiger partial charge on any atom is 0.232 e. The first-order valence-electron chi connectivity index (χ1n) is 10.7. The predicted molar refractivity (Wildman–Crippen MR) is 124 cm³/mol. The molecule has 1 fully saturated rings. The highest BCUT2D eigenvalue weighted by Crippen LogP contribution is 2.43. The van der Waals surface area contributed by atoms with Crippen LogP contribution in [0.15, 0.2) is 60.8 Å². The van der Waals surface area contributed by atoms with E-state index in [1.165, 1.54) is 34.8 Å². The molecule has 1 aromatic heterocycles. The second kappa shape index (κ2) is 8.08.